The number of carbonyl (C=O) groups is 2. The number of ether oxygens (including phenoxy) is 1. The second-order valence-electron chi connectivity index (χ2n) is 6.65. The number of nitro benzene ring substituents is 1. The molecule has 0 saturated heterocycles. The maximum Gasteiger partial charge on any atom is 0.316 e. The summed E-state index contributed by atoms with van der Waals surface area (Å²) in [6, 6.07) is 13.1. The van der Waals surface area contributed by atoms with Crippen molar-refractivity contribution in [3.05, 3.63) is 75.3 Å². The molecule has 1 unspecified atom stereocenters. The quantitative estimate of drug-likeness (QED) is 0.298. The van der Waals surface area contributed by atoms with Crippen LogP contribution in [0.3, 0.4) is 0 Å². The van der Waals surface area contributed by atoms with E-state index in [1.54, 1.807) is 38.1 Å². The first-order valence-electron chi connectivity index (χ1n) is 8.80. The first kappa shape index (κ1) is 20.3. The normalized spacial score (nSPS) is 12.9. The number of benzene rings is 2. The van der Waals surface area contributed by atoms with Crippen LogP contribution in [0.5, 0.6) is 0 Å². The molecule has 0 N–H and O–H groups in total. The first-order valence-corrected chi connectivity index (χ1v) is 8.80. The summed E-state index contributed by atoms with van der Waals surface area (Å²) >= 11 is 0. The zero-order valence-electron chi connectivity index (χ0n) is 15.7. The Labute approximate surface area is 158 Å². The number of aryl methyl sites for hydroxylation is 1. The molecular weight excluding hydrogens is 346 g/mol. The number of carbonyl (C=O) groups excluding carboxylic acids is 2. The van der Waals surface area contributed by atoms with Crippen LogP contribution < -0.4 is 0 Å². The molecule has 0 aliphatic carbocycles. The predicted molar refractivity (Wildman–Crippen MR) is 102 cm³/mol. The third-order valence-electron chi connectivity index (χ3n) is 4.67. The average Bonchev–Trinajstić information content (AvgIpc) is 2.66. The van der Waals surface area contributed by atoms with Crippen LogP contribution in [0.2, 0.25) is 0 Å². The fourth-order valence-corrected chi connectivity index (χ4v) is 2.85. The Morgan fingerprint density at radius 1 is 1.07 bits per heavy atom. The largest absolute Gasteiger partial charge is 0.465 e. The molecule has 0 bridgehead atoms. The molecule has 0 aliphatic rings. The second kappa shape index (κ2) is 8.58. The van der Waals surface area contributed by atoms with E-state index in [1.165, 1.54) is 12.1 Å². The molecule has 2 rings (SSSR count). The zero-order valence-corrected chi connectivity index (χ0v) is 15.7. The van der Waals surface area contributed by atoms with E-state index in [2.05, 4.69) is 0 Å². The number of non-ortho nitro benzene ring substituents is 1. The van der Waals surface area contributed by atoms with Crippen LogP contribution in [0.1, 0.15) is 48.2 Å². The van der Waals surface area contributed by atoms with Gasteiger partial charge in [-0.05, 0) is 32.8 Å². The van der Waals surface area contributed by atoms with Gasteiger partial charge in [0.25, 0.3) is 5.69 Å². The fourth-order valence-electron chi connectivity index (χ4n) is 2.85. The van der Waals surface area contributed by atoms with Crippen molar-refractivity contribution in [3.8, 4) is 0 Å². The lowest BCUT2D eigenvalue weighted by molar-refractivity contribution is -0.384. The van der Waals surface area contributed by atoms with E-state index in [0.717, 1.165) is 5.56 Å². The molecule has 0 saturated carbocycles. The minimum absolute atomic E-state index is 0.0549. The summed E-state index contributed by atoms with van der Waals surface area (Å²) < 4.78 is 5.21. The highest BCUT2D eigenvalue weighted by Crippen LogP contribution is 2.32. The van der Waals surface area contributed by atoms with E-state index in [1.807, 2.05) is 19.1 Å². The lowest BCUT2D eigenvalue weighted by atomic mass is 9.77. The van der Waals surface area contributed by atoms with Gasteiger partial charge in [-0.1, -0.05) is 42.0 Å². The van der Waals surface area contributed by atoms with Crippen LogP contribution in [-0.2, 0) is 14.9 Å². The van der Waals surface area contributed by atoms with E-state index < -0.39 is 16.3 Å². The Bertz CT molecular complexity index is 827. The monoisotopic (exact) mass is 369 g/mol. The minimum Gasteiger partial charge on any atom is -0.465 e. The van der Waals surface area contributed by atoms with Crippen LogP contribution in [-0.4, -0.2) is 23.3 Å². The number of rotatable bonds is 8. The van der Waals surface area contributed by atoms with Crippen molar-refractivity contribution in [1.29, 1.82) is 0 Å². The standard InChI is InChI=1S/C21H23NO5/c1-4-27-20(24)21(3,17-9-11-18(12-10-17)22(25)26)14-13-19(23)16-7-5-15(2)6-8-16/h5-12H,4,13-14H2,1-3H3. The highest BCUT2D eigenvalue weighted by molar-refractivity contribution is 5.96. The summed E-state index contributed by atoms with van der Waals surface area (Å²) in [5.74, 6) is -0.511. The molecule has 0 fully saturated rings. The molecule has 2 aromatic carbocycles. The summed E-state index contributed by atoms with van der Waals surface area (Å²) in [5, 5.41) is 10.9. The molecule has 0 aliphatic heterocycles. The van der Waals surface area contributed by atoms with Gasteiger partial charge in [0.05, 0.1) is 16.9 Å². The first-order chi connectivity index (χ1) is 12.8. The smallest absolute Gasteiger partial charge is 0.316 e. The van der Waals surface area contributed by atoms with Crippen LogP contribution in [0, 0.1) is 17.0 Å². The lowest BCUT2D eigenvalue weighted by Crippen LogP contribution is -2.35. The highest BCUT2D eigenvalue weighted by Gasteiger charge is 2.37. The van der Waals surface area contributed by atoms with E-state index in [-0.39, 0.29) is 30.9 Å². The van der Waals surface area contributed by atoms with Crippen LogP contribution in [0.25, 0.3) is 0 Å². The number of Topliss-reactive ketones (excluding diaryl/α,β-unsaturated/α-hetero) is 1. The van der Waals surface area contributed by atoms with Crippen LogP contribution in [0.15, 0.2) is 48.5 Å². The number of hydrogen-bond donors (Lipinski definition) is 0. The molecule has 27 heavy (non-hydrogen) atoms. The second-order valence-corrected chi connectivity index (χ2v) is 6.65. The summed E-state index contributed by atoms with van der Waals surface area (Å²) in [6.45, 7) is 5.58. The molecule has 0 radical (unpaired) electrons. The molecule has 6 nitrogen and oxygen atoms in total. The maximum atomic E-state index is 12.6. The van der Waals surface area contributed by atoms with Crippen LogP contribution >= 0.6 is 0 Å². The molecule has 0 aromatic heterocycles. The van der Waals surface area contributed by atoms with Gasteiger partial charge in [-0.2, -0.15) is 0 Å². The Morgan fingerprint density at radius 3 is 2.19 bits per heavy atom. The molecule has 142 valence electrons. The van der Waals surface area contributed by atoms with Crippen LogP contribution in [0.4, 0.5) is 5.69 Å². The van der Waals surface area contributed by atoms with Gasteiger partial charge < -0.3 is 4.74 Å². The third-order valence-corrected chi connectivity index (χ3v) is 4.67. The third kappa shape index (κ3) is 4.78. The van der Waals surface area contributed by atoms with Crippen molar-refractivity contribution in [3.63, 3.8) is 0 Å². The zero-order chi connectivity index (χ0) is 20.0. The highest BCUT2D eigenvalue weighted by atomic mass is 16.6. The average molecular weight is 369 g/mol. The van der Waals surface area contributed by atoms with Crippen molar-refractivity contribution in [2.24, 2.45) is 0 Å². The molecular formula is C21H23NO5. The van der Waals surface area contributed by atoms with Gasteiger partial charge in [0.1, 0.15) is 0 Å². The van der Waals surface area contributed by atoms with Crippen molar-refractivity contribution < 1.29 is 19.2 Å². The van der Waals surface area contributed by atoms with Gasteiger partial charge in [0, 0.05) is 24.1 Å². The van der Waals surface area contributed by atoms with Gasteiger partial charge in [0.2, 0.25) is 0 Å². The molecule has 6 heteroatoms. The number of ketones is 1. The van der Waals surface area contributed by atoms with E-state index >= 15 is 0 Å². The van der Waals surface area contributed by atoms with Gasteiger partial charge in [-0.25, -0.2) is 0 Å². The van der Waals surface area contributed by atoms with Crippen molar-refractivity contribution in [1.82, 2.24) is 0 Å². The minimum atomic E-state index is -1.06. The molecule has 1 atom stereocenters. The SMILES string of the molecule is CCOC(=O)C(C)(CCC(=O)c1ccc(C)cc1)c1ccc([N+](=O)[O-])cc1. The van der Waals surface area contributed by atoms with Crippen molar-refractivity contribution in [2.45, 2.75) is 39.0 Å². The predicted octanol–water partition coefficient (Wildman–Crippen LogP) is 4.39. The van der Waals surface area contributed by atoms with Gasteiger partial charge in [-0.15, -0.1) is 0 Å². The number of esters is 1. The van der Waals surface area contributed by atoms with E-state index in [4.69, 9.17) is 4.74 Å². The lowest BCUT2D eigenvalue weighted by Gasteiger charge is -2.27. The number of nitrogens with zero attached hydrogens (tertiary/aromatic N) is 1. The number of hydrogen-bond acceptors (Lipinski definition) is 5. The van der Waals surface area contributed by atoms with Crippen molar-refractivity contribution in [2.75, 3.05) is 6.61 Å². The Hall–Kier alpha value is -3.02. The van der Waals surface area contributed by atoms with E-state index in [9.17, 15) is 19.7 Å². The summed E-state index contributed by atoms with van der Waals surface area (Å²) in [6.07, 6.45) is 0.408. The Morgan fingerprint density at radius 2 is 1.67 bits per heavy atom. The molecule has 0 heterocycles. The van der Waals surface area contributed by atoms with Gasteiger partial charge in [-0.3, -0.25) is 19.7 Å². The van der Waals surface area contributed by atoms with Gasteiger partial charge >= 0.3 is 5.97 Å². The fraction of sp³-hybridized carbons (Fsp3) is 0.333. The van der Waals surface area contributed by atoms with Gasteiger partial charge in [0.15, 0.2) is 5.78 Å². The molecule has 2 aromatic rings. The summed E-state index contributed by atoms with van der Waals surface area (Å²) in [7, 11) is 0. The Balaban J connectivity index is 2.25. The topological polar surface area (TPSA) is 86.5 Å². The number of nitro groups is 1. The van der Waals surface area contributed by atoms with E-state index in [0.29, 0.717) is 11.1 Å². The van der Waals surface area contributed by atoms with Crippen molar-refractivity contribution >= 4 is 17.4 Å². The molecule has 0 amide bonds. The summed E-state index contributed by atoms with van der Waals surface area (Å²) in [5.41, 5.74) is 1.12. The molecule has 0 spiro atoms. The summed E-state index contributed by atoms with van der Waals surface area (Å²) in [4.78, 5) is 35.5. The maximum absolute atomic E-state index is 12.6. The Kier molecular flexibility index (Phi) is 6.45.